The zero-order valence-corrected chi connectivity index (χ0v) is 16.6. The Kier molecular flexibility index (Phi) is 6.96. The van der Waals surface area contributed by atoms with E-state index in [1.54, 1.807) is 25.3 Å². The van der Waals surface area contributed by atoms with Gasteiger partial charge in [-0.15, -0.1) is 0 Å². The third-order valence-electron chi connectivity index (χ3n) is 4.57. The molecule has 27 heavy (non-hydrogen) atoms. The van der Waals surface area contributed by atoms with Gasteiger partial charge in [-0.25, -0.2) is 0 Å². The highest BCUT2D eigenvalue weighted by atomic mass is 35.5. The molecule has 0 saturated carbocycles. The highest BCUT2D eigenvalue weighted by Crippen LogP contribution is 2.24. The van der Waals surface area contributed by atoms with Gasteiger partial charge < -0.3 is 14.8 Å². The topological polar surface area (TPSA) is 50.8 Å². The number of halogens is 2. The normalized spacial score (nSPS) is 16.0. The van der Waals surface area contributed by atoms with Gasteiger partial charge in [-0.1, -0.05) is 35.3 Å². The Morgan fingerprint density at radius 2 is 1.78 bits per heavy atom. The number of methoxy groups -OCH3 is 1. The summed E-state index contributed by atoms with van der Waals surface area (Å²) in [6.45, 7) is 3.47. The fourth-order valence-electron chi connectivity index (χ4n) is 3.15. The molecular weight excluding hydrogens is 387 g/mol. The van der Waals surface area contributed by atoms with E-state index in [1.807, 2.05) is 24.3 Å². The fourth-order valence-corrected chi connectivity index (χ4v) is 3.68. The number of nitrogens with zero attached hydrogens (tertiary/aromatic N) is 1. The molecule has 0 spiro atoms. The average molecular weight is 409 g/mol. The first-order valence-electron chi connectivity index (χ1n) is 8.77. The van der Waals surface area contributed by atoms with Crippen molar-refractivity contribution in [2.45, 2.75) is 6.04 Å². The molecule has 0 aromatic heterocycles. The van der Waals surface area contributed by atoms with Gasteiger partial charge in [-0.05, 0) is 35.9 Å². The van der Waals surface area contributed by atoms with Crippen LogP contribution in [0.5, 0.6) is 5.75 Å². The van der Waals surface area contributed by atoms with Crippen molar-refractivity contribution in [3.63, 3.8) is 0 Å². The number of benzene rings is 2. The predicted molar refractivity (Wildman–Crippen MR) is 107 cm³/mol. The van der Waals surface area contributed by atoms with Crippen LogP contribution in [-0.4, -0.2) is 50.8 Å². The monoisotopic (exact) mass is 408 g/mol. The Morgan fingerprint density at radius 3 is 2.37 bits per heavy atom. The van der Waals surface area contributed by atoms with E-state index in [0.717, 1.165) is 24.4 Å². The molecule has 0 unspecified atom stereocenters. The van der Waals surface area contributed by atoms with Crippen LogP contribution in [0.15, 0.2) is 42.5 Å². The smallest absolute Gasteiger partial charge is 0.251 e. The van der Waals surface area contributed by atoms with Gasteiger partial charge in [0.15, 0.2) is 0 Å². The Balaban J connectivity index is 1.75. The lowest BCUT2D eigenvalue weighted by atomic mass is 10.0. The van der Waals surface area contributed by atoms with Crippen molar-refractivity contribution < 1.29 is 14.3 Å². The summed E-state index contributed by atoms with van der Waals surface area (Å²) >= 11 is 12.0. The van der Waals surface area contributed by atoms with Gasteiger partial charge in [-0.3, -0.25) is 9.69 Å². The molecule has 1 saturated heterocycles. The van der Waals surface area contributed by atoms with Crippen molar-refractivity contribution in [2.75, 3.05) is 40.0 Å². The van der Waals surface area contributed by atoms with Gasteiger partial charge in [0.1, 0.15) is 5.75 Å². The molecule has 1 atom stereocenters. The molecule has 7 heteroatoms. The number of rotatable bonds is 6. The quantitative estimate of drug-likeness (QED) is 0.789. The van der Waals surface area contributed by atoms with E-state index >= 15 is 0 Å². The molecule has 144 valence electrons. The van der Waals surface area contributed by atoms with Crippen LogP contribution in [0.4, 0.5) is 0 Å². The molecule has 0 bridgehead atoms. The number of morpholine rings is 1. The summed E-state index contributed by atoms with van der Waals surface area (Å²) in [6, 6.07) is 12.8. The number of carbonyl (C=O) groups excluding carboxylic acids is 1. The van der Waals surface area contributed by atoms with Crippen molar-refractivity contribution in [2.24, 2.45) is 0 Å². The van der Waals surface area contributed by atoms with Gasteiger partial charge in [-0.2, -0.15) is 0 Å². The second kappa shape index (κ2) is 9.42. The largest absolute Gasteiger partial charge is 0.497 e. The summed E-state index contributed by atoms with van der Waals surface area (Å²) < 4.78 is 10.7. The Morgan fingerprint density at radius 1 is 1.15 bits per heavy atom. The lowest BCUT2D eigenvalue weighted by Crippen LogP contribution is -2.43. The van der Waals surface area contributed by atoms with E-state index in [2.05, 4.69) is 10.2 Å². The summed E-state index contributed by atoms with van der Waals surface area (Å²) in [6.07, 6.45) is 0. The van der Waals surface area contributed by atoms with Crippen LogP contribution in [0.2, 0.25) is 10.0 Å². The summed E-state index contributed by atoms with van der Waals surface area (Å²) in [5.41, 5.74) is 1.56. The van der Waals surface area contributed by atoms with E-state index in [1.165, 1.54) is 0 Å². The molecule has 1 amide bonds. The van der Waals surface area contributed by atoms with E-state index in [0.29, 0.717) is 35.4 Å². The molecule has 2 aromatic carbocycles. The minimum atomic E-state index is -0.203. The summed E-state index contributed by atoms with van der Waals surface area (Å²) in [5.74, 6) is 0.600. The zero-order valence-electron chi connectivity index (χ0n) is 15.1. The van der Waals surface area contributed by atoms with Crippen LogP contribution in [0.3, 0.4) is 0 Å². The molecule has 3 rings (SSSR count). The lowest BCUT2D eigenvalue weighted by Gasteiger charge is -2.35. The fraction of sp³-hybridized carbons (Fsp3) is 0.350. The van der Waals surface area contributed by atoms with Crippen molar-refractivity contribution in [3.05, 3.63) is 63.6 Å². The number of ether oxygens (including phenoxy) is 2. The van der Waals surface area contributed by atoms with E-state index in [4.69, 9.17) is 32.7 Å². The summed E-state index contributed by atoms with van der Waals surface area (Å²) in [7, 11) is 1.64. The highest BCUT2D eigenvalue weighted by Gasteiger charge is 2.23. The number of hydrogen-bond acceptors (Lipinski definition) is 4. The van der Waals surface area contributed by atoms with E-state index in [-0.39, 0.29) is 11.9 Å². The maximum absolute atomic E-state index is 12.6. The lowest BCUT2D eigenvalue weighted by molar-refractivity contribution is 0.0162. The first-order chi connectivity index (χ1) is 13.1. The van der Waals surface area contributed by atoms with Crippen molar-refractivity contribution in [1.82, 2.24) is 10.2 Å². The van der Waals surface area contributed by atoms with Crippen LogP contribution < -0.4 is 10.1 Å². The Hall–Kier alpha value is -1.79. The molecule has 1 fully saturated rings. The van der Waals surface area contributed by atoms with E-state index in [9.17, 15) is 4.79 Å². The molecule has 2 aromatic rings. The average Bonchev–Trinajstić information content (AvgIpc) is 2.68. The second-order valence-electron chi connectivity index (χ2n) is 6.31. The highest BCUT2D eigenvalue weighted by molar-refractivity contribution is 6.35. The van der Waals surface area contributed by atoms with Gasteiger partial charge in [0.2, 0.25) is 0 Å². The maximum Gasteiger partial charge on any atom is 0.251 e. The third kappa shape index (κ3) is 5.36. The van der Waals surface area contributed by atoms with Crippen LogP contribution in [0, 0.1) is 0 Å². The van der Waals surface area contributed by atoms with E-state index < -0.39 is 0 Å². The van der Waals surface area contributed by atoms with Crippen molar-refractivity contribution in [3.8, 4) is 5.75 Å². The minimum absolute atomic E-state index is 0.0402. The van der Waals surface area contributed by atoms with Crippen molar-refractivity contribution >= 4 is 29.1 Å². The van der Waals surface area contributed by atoms with Gasteiger partial charge in [0, 0.05) is 35.2 Å². The number of amides is 1. The molecule has 1 aliphatic heterocycles. The standard InChI is InChI=1S/C20H22Cl2N2O3/c1-26-18-4-2-14(3-5-18)19(24-6-8-27-9-7-24)13-23-20(25)15-10-16(21)12-17(22)11-15/h2-5,10-12,19H,6-9,13H2,1H3,(H,23,25)/t19-/m0/s1. The number of nitrogens with one attached hydrogen (secondary N) is 1. The number of hydrogen-bond donors (Lipinski definition) is 1. The first-order valence-corrected chi connectivity index (χ1v) is 9.52. The van der Waals surface area contributed by atoms with Crippen LogP contribution >= 0.6 is 23.2 Å². The van der Waals surface area contributed by atoms with Crippen LogP contribution in [0.1, 0.15) is 22.0 Å². The molecular formula is C20H22Cl2N2O3. The third-order valence-corrected chi connectivity index (χ3v) is 5.00. The predicted octanol–water partition coefficient (Wildman–Crippen LogP) is 3.81. The molecule has 0 radical (unpaired) electrons. The SMILES string of the molecule is COc1ccc([C@H](CNC(=O)c2cc(Cl)cc(Cl)c2)N2CCOCC2)cc1. The van der Waals surface area contributed by atoms with Crippen LogP contribution in [-0.2, 0) is 4.74 Å². The number of carbonyl (C=O) groups is 1. The summed E-state index contributed by atoms with van der Waals surface area (Å²) in [5, 5.41) is 3.88. The summed E-state index contributed by atoms with van der Waals surface area (Å²) in [4.78, 5) is 14.9. The van der Waals surface area contributed by atoms with Gasteiger partial charge in [0.25, 0.3) is 5.91 Å². The van der Waals surface area contributed by atoms with Crippen molar-refractivity contribution in [1.29, 1.82) is 0 Å². The molecule has 1 heterocycles. The maximum atomic E-state index is 12.6. The molecule has 0 aliphatic carbocycles. The molecule has 5 nitrogen and oxygen atoms in total. The zero-order chi connectivity index (χ0) is 19.2. The van der Waals surface area contributed by atoms with Crippen LogP contribution in [0.25, 0.3) is 0 Å². The molecule has 1 N–H and O–H groups in total. The Labute approximate surface area is 169 Å². The second-order valence-corrected chi connectivity index (χ2v) is 7.18. The first kappa shape index (κ1) is 20.0. The van der Waals surface area contributed by atoms with Gasteiger partial charge in [0.05, 0.1) is 26.4 Å². The Bertz CT molecular complexity index is 757. The molecule has 1 aliphatic rings. The van der Waals surface area contributed by atoms with Gasteiger partial charge >= 0.3 is 0 Å². The minimum Gasteiger partial charge on any atom is -0.497 e.